The van der Waals surface area contributed by atoms with Gasteiger partial charge in [0, 0.05) is 5.56 Å². The molecule has 0 radical (unpaired) electrons. The van der Waals surface area contributed by atoms with Crippen LogP contribution in [-0.4, -0.2) is 18.2 Å². The van der Waals surface area contributed by atoms with Gasteiger partial charge in [-0.05, 0) is 29.7 Å². The van der Waals surface area contributed by atoms with Gasteiger partial charge in [-0.2, -0.15) is 0 Å². The smallest absolute Gasteiger partial charge is 0.314 e. The monoisotopic (exact) mass is 270 g/mol. The van der Waals surface area contributed by atoms with Gasteiger partial charge in [0.1, 0.15) is 5.75 Å². The number of methoxy groups -OCH3 is 1. The zero-order valence-electron chi connectivity index (χ0n) is 11.6. The predicted molar refractivity (Wildman–Crippen MR) is 78.3 cm³/mol. The number of ether oxygens (including phenoxy) is 1. The van der Waals surface area contributed by atoms with Crippen molar-refractivity contribution in [3.63, 3.8) is 0 Å². The number of carboxylic acid groups (broad SMARTS) is 1. The molecule has 0 amide bonds. The zero-order chi connectivity index (χ0) is 14.2. The normalized spacial score (nSPS) is 17.2. The van der Waals surface area contributed by atoms with Gasteiger partial charge in [0.2, 0.25) is 0 Å². The van der Waals surface area contributed by atoms with E-state index in [0.29, 0.717) is 18.6 Å². The van der Waals surface area contributed by atoms with Crippen molar-refractivity contribution >= 4 is 16.7 Å². The maximum atomic E-state index is 12.0. The van der Waals surface area contributed by atoms with Crippen LogP contribution in [0.15, 0.2) is 36.4 Å². The third kappa shape index (κ3) is 1.77. The van der Waals surface area contributed by atoms with E-state index < -0.39 is 11.4 Å². The van der Waals surface area contributed by atoms with E-state index in [1.807, 2.05) is 36.4 Å². The van der Waals surface area contributed by atoms with E-state index in [0.717, 1.165) is 29.2 Å². The molecule has 1 saturated carbocycles. The van der Waals surface area contributed by atoms with Gasteiger partial charge < -0.3 is 9.84 Å². The molecule has 1 N–H and O–H groups in total. The lowest BCUT2D eigenvalue weighted by Gasteiger charge is -2.28. The van der Waals surface area contributed by atoms with Crippen LogP contribution in [0.5, 0.6) is 5.75 Å². The number of hydrogen-bond donors (Lipinski definition) is 1. The fourth-order valence-corrected chi connectivity index (χ4v) is 3.46. The SMILES string of the molecule is COc1ccc2ccccc2c1C1(C(=O)O)CCCC1. The van der Waals surface area contributed by atoms with Crippen LogP contribution < -0.4 is 4.74 Å². The van der Waals surface area contributed by atoms with E-state index in [1.165, 1.54) is 0 Å². The van der Waals surface area contributed by atoms with E-state index in [1.54, 1.807) is 7.11 Å². The Morgan fingerprint density at radius 2 is 1.85 bits per heavy atom. The summed E-state index contributed by atoms with van der Waals surface area (Å²) >= 11 is 0. The van der Waals surface area contributed by atoms with Crippen molar-refractivity contribution in [3.05, 3.63) is 42.0 Å². The summed E-state index contributed by atoms with van der Waals surface area (Å²) in [7, 11) is 1.61. The van der Waals surface area contributed by atoms with Gasteiger partial charge in [0.25, 0.3) is 0 Å². The summed E-state index contributed by atoms with van der Waals surface area (Å²) in [5.41, 5.74) is 0.0507. The average Bonchev–Trinajstić information content (AvgIpc) is 2.96. The molecule has 1 aliphatic carbocycles. The van der Waals surface area contributed by atoms with E-state index in [9.17, 15) is 9.90 Å². The van der Waals surface area contributed by atoms with E-state index in [4.69, 9.17) is 4.74 Å². The number of fused-ring (bicyclic) bond motifs is 1. The molecule has 3 nitrogen and oxygen atoms in total. The van der Waals surface area contributed by atoms with Crippen LogP contribution in [0.25, 0.3) is 10.8 Å². The van der Waals surface area contributed by atoms with E-state index in [2.05, 4.69) is 0 Å². The third-order valence-corrected chi connectivity index (χ3v) is 4.46. The lowest BCUT2D eigenvalue weighted by atomic mass is 9.76. The van der Waals surface area contributed by atoms with Crippen molar-refractivity contribution in [1.29, 1.82) is 0 Å². The maximum Gasteiger partial charge on any atom is 0.314 e. The molecular weight excluding hydrogens is 252 g/mol. The first kappa shape index (κ1) is 13.0. The van der Waals surface area contributed by atoms with Crippen LogP contribution in [0, 0.1) is 0 Å². The van der Waals surface area contributed by atoms with Gasteiger partial charge in [-0.15, -0.1) is 0 Å². The summed E-state index contributed by atoms with van der Waals surface area (Å²) in [4.78, 5) is 12.0. The van der Waals surface area contributed by atoms with Gasteiger partial charge in [0.05, 0.1) is 12.5 Å². The Morgan fingerprint density at radius 1 is 1.15 bits per heavy atom. The molecule has 3 heteroatoms. The molecule has 2 aromatic rings. The summed E-state index contributed by atoms with van der Waals surface area (Å²) in [6.45, 7) is 0. The molecule has 0 unspecified atom stereocenters. The fourth-order valence-electron chi connectivity index (χ4n) is 3.46. The van der Waals surface area contributed by atoms with Crippen LogP contribution in [0.3, 0.4) is 0 Å². The Morgan fingerprint density at radius 3 is 2.50 bits per heavy atom. The highest BCUT2D eigenvalue weighted by Gasteiger charge is 2.45. The molecule has 0 aromatic heterocycles. The third-order valence-electron chi connectivity index (χ3n) is 4.46. The predicted octanol–water partition coefficient (Wildman–Crippen LogP) is 3.74. The summed E-state index contributed by atoms with van der Waals surface area (Å²) in [5.74, 6) is -0.0438. The van der Waals surface area contributed by atoms with Crippen molar-refractivity contribution in [2.75, 3.05) is 7.11 Å². The number of hydrogen-bond acceptors (Lipinski definition) is 2. The summed E-state index contributed by atoms with van der Waals surface area (Å²) in [6, 6.07) is 11.8. The van der Waals surface area contributed by atoms with E-state index >= 15 is 0 Å². The molecule has 104 valence electrons. The molecule has 0 heterocycles. The standard InChI is InChI=1S/C17H18O3/c1-20-14-9-8-12-6-2-3-7-13(12)15(14)17(16(18)19)10-4-5-11-17/h2-3,6-9H,4-5,10-11H2,1H3,(H,18,19). The van der Waals surface area contributed by atoms with E-state index in [-0.39, 0.29) is 0 Å². The second-order valence-electron chi connectivity index (χ2n) is 5.46. The molecule has 0 saturated heterocycles. The number of carbonyl (C=O) groups is 1. The second-order valence-corrected chi connectivity index (χ2v) is 5.46. The van der Waals surface area contributed by atoms with Crippen LogP contribution >= 0.6 is 0 Å². The molecule has 3 rings (SSSR count). The second kappa shape index (κ2) is 4.82. The van der Waals surface area contributed by atoms with Crippen molar-refractivity contribution in [2.45, 2.75) is 31.1 Å². The Hall–Kier alpha value is -2.03. The Balaban J connectivity index is 2.35. The summed E-state index contributed by atoms with van der Waals surface area (Å²) in [6.07, 6.45) is 3.29. The first-order chi connectivity index (χ1) is 9.69. The Bertz CT molecular complexity index is 654. The first-order valence-electron chi connectivity index (χ1n) is 6.99. The molecule has 1 fully saturated rings. The zero-order valence-corrected chi connectivity index (χ0v) is 11.6. The fraction of sp³-hybridized carbons (Fsp3) is 0.353. The number of carboxylic acids is 1. The van der Waals surface area contributed by atoms with Gasteiger partial charge in [0.15, 0.2) is 0 Å². The lowest BCUT2D eigenvalue weighted by Crippen LogP contribution is -2.33. The van der Waals surface area contributed by atoms with Crippen LogP contribution in [0.2, 0.25) is 0 Å². The number of rotatable bonds is 3. The molecule has 20 heavy (non-hydrogen) atoms. The topological polar surface area (TPSA) is 46.5 Å². The molecular formula is C17H18O3. The summed E-state index contributed by atoms with van der Waals surface area (Å²) in [5, 5.41) is 11.9. The quantitative estimate of drug-likeness (QED) is 0.924. The van der Waals surface area contributed by atoms with Crippen molar-refractivity contribution in [2.24, 2.45) is 0 Å². The largest absolute Gasteiger partial charge is 0.496 e. The molecule has 1 aliphatic rings. The first-order valence-corrected chi connectivity index (χ1v) is 6.99. The molecule has 0 bridgehead atoms. The summed E-state index contributed by atoms with van der Waals surface area (Å²) < 4.78 is 5.48. The van der Waals surface area contributed by atoms with Gasteiger partial charge in [-0.3, -0.25) is 4.79 Å². The maximum absolute atomic E-state index is 12.0. The van der Waals surface area contributed by atoms with Crippen molar-refractivity contribution in [1.82, 2.24) is 0 Å². The highest BCUT2D eigenvalue weighted by Crippen LogP contribution is 2.47. The number of aliphatic carboxylic acids is 1. The van der Waals surface area contributed by atoms with Crippen molar-refractivity contribution < 1.29 is 14.6 Å². The van der Waals surface area contributed by atoms with Crippen LogP contribution in [-0.2, 0) is 10.2 Å². The number of benzene rings is 2. The van der Waals surface area contributed by atoms with Crippen LogP contribution in [0.1, 0.15) is 31.2 Å². The minimum atomic E-state index is -0.799. The molecule has 2 aromatic carbocycles. The minimum absolute atomic E-state index is 0.687. The van der Waals surface area contributed by atoms with Crippen LogP contribution in [0.4, 0.5) is 0 Å². The van der Waals surface area contributed by atoms with Crippen molar-refractivity contribution in [3.8, 4) is 5.75 Å². The van der Waals surface area contributed by atoms with Gasteiger partial charge in [-0.25, -0.2) is 0 Å². The minimum Gasteiger partial charge on any atom is -0.496 e. The Labute approximate surface area is 118 Å². The molecule has 0 atom stereocenters. The Kier molecular flexibility index (Phi) is 3.13. The van der Waals surface area contributed by atoms with Gasteiger partial charge in [-0.1, -0.05) is 43.2 Å². The lowest BCUT2D eigenvalue weighted by molar-refractivity contribution is -0.143. The molecule has 0 aliphatic heterocycles. The highest BCUT2D eigenvalue weighted by molar-refractivity contribution is 5.95. The van der Waals surface area contributed by atoms with Gasteiger partial charge >= 0.3 is 5.97 Å². The molecule has 0 spiro atoms. The highest BCUT2D eigenvalue weighted by atomic mass is 16.5. The average molecular weight is 270 g/mol.